The molecule has 0 aliphatic rings. The molecule has 0 amide bonds. The fourth-order valence-corrected chi connectivity index (χ4v) is 3.05. The first-order valence-electron chi connectivity index (χ1n) is 10.2. The van der Waals surface area contributed by atoms with Crippen molar-refractivity contribution in [1.82, 2.24) is 0 Å². The van der Waals surface area contributed by atoms with Gasteiger partial charge in [0, 0.05) is 18.9 Å². The lowest BCUT2D eigenvalue weighted by atomic mass is 10.1. The van der Waals surface area contributed by atoms with E-state index in [0.29, 0.717) is 6.04 Å². The molecule has 4 aromatic rings. The van der Waals surface area contributed by atoms with Crippen LogP contribution in [0.2, 0.25) is 0 Å². The number of hydrogen-bond donors (Lipinski definition) is 1. The molecule has 0 bridgehead atoms. The molecule has 0 saturated heterocycles. The average Bonchev–Trinajstić information content (AvgIpc) is 2.82. The van der Waals surface area contributed by atoms with Gasteiger partial charge >= 0.3 is 0 Å². The Hall–Kier alpha value is -3.65. The van der Waals surface area contributed by atoms with Gasteiger partial charge in [0.05, 0.1) is 5.69 Å². The topological polar surface area (TPSA) is 24.4 Å². The Kier molecular flexibility index (Phi) is 7.99. The monoisotopic (exact) mass is 394 g/mol. The Morgan fingerprint density at radius 1 is 0.667 bits per heavy atom. The van der Waals surface area contributed by atoms with Crippen molar-refractivity contribution in [3.63, 3.8) is 0 Å². The van der Waals surface area contributed by atoms with Gasteiger partial charge in [-0.25, -0.2) is 0 Å². The van der Waals surface area contributed by atoms with Crippen LogP contribution in [-0.4, -0.2) is 5.71 Å². The molecule has 152 valence electrons. The summed E-state index contributed by atoms with van der Waals surface area (Å²) < 4.78 is 0. The predicted molar refractivity (Wildman–Crippen MR) is 132 cm³/mol. The summed E-state index contributed by atoms with van der Waals surface area (Å²) in [4.78, 5) is 4.55. The zero-order valence-corrected chi connectivity index (χ0v) is 17.6. The molecule has 0 aromatic heterocycles. The third-order valence-corrected chi connectivity index (χ3v) is 4.70. The third-order valence-electron chi connectivity index (χ3n) is 4.70. The standard InChI is InChI=1S/C14H15N.C14H13N.H2/c2*1-12(13-8-4-2-5-9-13)15-14-10-6-3-7-11-14;/h2-12,15H,1H3;2-11H,1H3;1H. The Morgan fingerprint density at radius 2 is 1.13 bits per heavy atom. The van der Waals surface area contributed by atoms with Gasteiger partial charge in [0.25, 0.3) is 0 Å². The molecule has 2 nitrogen and oxygen atoms in total. The number of nitrogens with zero attached hydrogens (tertiary/aromatic N) is 1. The Bertz CT molecular complexity index is 1020. The zero-order chi connectivity index (χ0) is 21.0. The summed E-state index contributed by atoms with van der Waals surface area (Å²) in [6, 6.07) is 41.3. The Balaban J connectivity index is 0.000000213. The van der Waals surface area contributed by atoms with Gasteiger partial charge in [0.1, 0.15) is 0 Å². The van der Waals surface area contributed by atoms with Crippen molar-refractivity contribution < 1.29 is 1.43 Å². The summed E-state index contributed by atoms with van der Waals surface area (Å²) >= 11 is 0. The van der Waals surface area contributed by atoms with Crippen LogP contribution in [-0.2, 0) is 0 Å². The van der Waals surface area contributed by atoms with E-state index in [1.54, 1.807) is 0 Å². The van der Waals surface area contributed by atoms with E-state index < -0.39 is 0 Å². The van der Waals surface area contributed by atoms with E-state index in [1.165, 1.54) is 11.1 Å². The predicted octanol–water partition coefficient (Wildman–Crippen LogP) is 7.93. The second kappa shape index (κ2) is 11.4. The van der Waals surface area contributed by atoms with Crippen LogP contribution in [0.5, 0.6) is 0 Å². The number of benzene rings is 4. The van der Waals surface area contributed by atoms with E-state index in [2.05, 4.69) is 65.8 Å². The maximum atomic E-state index is 4.55. The molecule has 0 saturated carbocycles. The van der Waals surface area contributed by atoms with E-state index in [1.807, 2.05) is 79.7 Å². The third kappa shape index (κ3) is 6.75. The summed E-state index contributed by atoms with van der Waals surface area (Å²) in [5, 5.41) is 3.46. The molecule has 0 radical (unpaired) electrons. The number of nitrogens with one attached hydrogen (secondary N) is 1. The number of para-hydroxylation sites is 2. The summed E-state index contributed by atoms with van der Waals surface area (Å²) in [7, 11) is 0. The van der Waals surface area contributed by atoms with E-state index in [4.69, 9.17) is 0 Å². The average molecular weight is 395 g/mol. The normalized spacial score (nSPS) is 11.7. The molecule has 0 heterocycles. The second-order valence-corrected chi connectivity index (χ2v) is 7.04. The van der Waals surface area contributed by atoms with Crippen molar-refractivity contribution >= 4 is 17.1 Å². The number of anilines is 1. The first kappa shape index (κ1) is 21.1. The number of rotatable bonds is 5. The Morgan fingerprint density at radius 3 is 1.70 bits per heavy atom. The molecule has 30 heavy (non-hydrogen) atoms. The fraction of sp³-hybridized carbons (Fsp3) is 0.107. The van der Waals surface area contributed by atoms with Crippen LogP contribution >= 0.6 is 0 Å². The second-order valence-electron chi connectivity index (χ2n) is 7.04. The maximum Gasteiger partial charge on any atom is 0.0633 e. The smallest absolute Gasteiger partial charge is 0.0633 e. The molecule has 1 unspecified atom stereocenters. The van der Waals surface area contributed by atoms with E-state index in [9.17, 15) is 0 Å². The van der Waals surface area contributed by atoms with Crippen molar-refractivity contribution in [2.45, 2.75) is 19.9 Å². The lowest BCUT2D eigenvalue weighted by Gasteiger charge is -2.15. The van der Waals surface area contributed by atoms with Crippen molar-refractivity contribution in [3.8, 4) is 0 Å². The van der Waals surface area contributed by atoms with Gasteiger partial charge in [-0.1, -0.05) is 97.1 Å². The van der Waals surface area contributed by atoms with E-state index in [0.717, 1.165) is 17.1 Å². The molecule has 4 aromatic carbocycles. The highest BCUT2D eigenvalue weighted by molar-refractivity contribution is 6.00. The van der Waals surface area contributed by atoms with E-state index >= 15 is 0 Å². The minimum absolute atomic E-state index is 0. The lowest BCUT2D eigenvalue weighted by Crippen LogP contribution is -2.05. The van der Waals surface area contributed by atoms with Gasteiger partial charge in [0.2, 0.25) is 0 Å². The molecular weight excluding hydrogens is 364 g/mol. The summed E-state index contributed by atoms with van der Waals surface area (Å²) in [5.41, 5.74) is 5.68. The van der Waals surface area contributed by atoms with Crippen molar-refractivity contribution in [3.05, 3.63) is 132 Å². The van der Waals surface area contributed by atoms with Gasteiger partial charge in [-0.05, 0) is 49.2 Å². The summed E-state index contributed by atoms with van der Waals surface area (Å²) in [5.74, 6) is 0. The molecular formula is C28H30N2. The quantitative estimate of drug-likeness (QED) is 0.341. The van der Waals surface area contributed by atoms with Crippen molar-refractivity contribution in [2.75, 3.05) is 5.32 Å². The molecule has 2 heteroatoms. The minimum atomic E-state index is 0. The van der Waals surface area contributed by atoms with Crippen LogP contribution in [0.15, 0.2) is 126 Å². The highest BCUT2D eigenvalue weighted by atomic mass is 14.9. The molecule has 1 atom stereocenters. The van der Waals surface area contributed by atoms with Crippen molar-refractivity contribution in [1.29, 1.82) is 0 Å². The number of aliphatic imine (C=N–C) groups is 1. The van der Waals surface area contributed by atoms with Crippen LogP contribution in [0.4, 0.5) is 11.4 Å². The summed E-state index contributed by atoms with van der Waals surface area (Å²) in [6.07, 6.45) is 0. The van der Waals surface area contributed by atoms with Crippen LogP contribution in [0.25, 0.3) is 0 Å². The van der Waals surface area contributed by atoms with Crippen LogP contribution in [0, 0.1) is 0 Å². The highest BCUT2D eigenvalue weighted by Gasteiger charge is 2.03. The summed E-state index contributed by atoms with van der Waals surface area (Å²) in [6.45, 7) is 4.20. The van der Waals surface area contributed by atoms with Crippen LogP contribution < -0.4 is 5.32 Å². The van der Waals surface area contributed by atoms with Crippen LogP contribution in [0.1, 0.15) is 32.4 Å². The van der Waals surface area contributed by atoms with Crippen molar-refractivity contribution in [2.24, 2.45) is 4.99 Å². The minimum Gasteiger partial charge on any atom is -0.379 e. The molecule has 0 aliphatic carbocycles. The lowest BCUT2D eigenvalue weighted by molar-refractivity contribution is 0.885. The Labute approximate surface area is 181 Å². The molecule has 0 spiro atoms. The fourth-order valence-electron chi connectivity index (χ4n) is 3.05. The molecule has 0 aliphatic heterocycles. The largest absolute Gasteiger partial charge is 0.379 e. The first-order valence-corrected chi connectivity index (χ1v) is 10.2. The zero-order valence-electron chi connectivity index (χ0n) is 17.6. The molecule has 0 fully saturated rings. The molecule has 1 N–H and O–H groups in total. The van der Waals surface area contributed by atoms with Gasteiger partial charge in [-0.15, -0.1) is 0 Å². The number of hydrogen-bond acceptors (Lipinski definition) is 2. The first-order chi connectivity index (χ1) is 14.7. The van der Waals surface area contributed by atoms with Gasteiger partial charge < -0.3 is 5.32 Å². The maximum absolute atomic E-state index is 4.55. The SMILES string of the molecule is CC(=Nc1ccccc1)c1ccccc1.CC(Nc1ccccc1)c1ccccc1.[HH]. The van der Waals surface area contributed by atoms with E-state index in [-0.39, 0.29) is 1.43 Å². The van der Waals surface area contributed by atoms with Gasteiger partial charge in [-0.3, -0.25) is 4.99 Å². The highest BCUT2D eigenvalue weighted by Crippen LogP contribution is 2.18. The van der Waals surface area contributed by atoms with Crippen LogP contribution in [0.3, 0.4) is 0 Å². The van der Waals surface area contributed by atoms with Gasteiger partial charge in [-0.2, -0.15) is 0 Å². The van der Waals surface area contributed by atoms with Gasteiger partial charge in [0.15, 0.2) is 0 Å². The molecule has 4 rings (SSSR count).